The van der Waals surface area contributed by atoms with E-state index in [9.17, 15) is 4.79 Å². The summed E-state index contributed by atoms with van der Waals surface area (Å²) >= 11 is 0. The molecule has 0 fully saturated rings. The molecule has 102 valence electrons. The predicted molar refractivity (Wildman–Crippen MR) is 76.9 cm³/mol. The molecular weight excluding hydrogens is 254 g/mol. The molecule has 0 amide bonds. The highest BCUT2D eigenvalue weighted by molar-refractivity contribution is 5.87. The van der Waals surface area contributed by atoms with Gasteiger partial charge in [-0.15, -0.1) is 5.11 Å². The number of allylic oxidation sites excluding steroid dienone is 3. The zero-order valence-electron chi connectivity index (χ0n) is 11.3. The highest BCUT2D eigenvalue weighted by Gasteiger charge is 2.06. The van der Waals surface area contributed by atoms with Crippen LogP contribution in [0.15, 0.2) is 70.2 Å². The van der Waals surface area contributed by atoms with Gasteiger partial charge in [0.25, 0.3) is 0 Å². The fourth-order valence-electron chi connectivity index (χ4n) is 1.69. The highest BCUT2D eigenvalue weighted by Crippen LogP contribution is 2.22. The van der Waals surface area contributed by atoms with Gasteiger partial charge in [0.1, 0.15) is 0 Å². The Bertz CT molecular complexity index is 623. The van der Waals surface area contributed by atoms with Crippen molar-refractivity contribution in [2.75, 3.05) is 14.1 Å². The Morgan fingerprint density at radius 1 is 1.20 bits per heavy atom. The summed E-state index contributed by atoms with van der Waals surface area (Å²) in [5, 5.41) is 17.1. The van der Waals surface area contributed by atoms with Crippen LogP contribution < -0.4 is 0 Å². The van der Waals surface area contributed by atoms with E-state index in [0.29, 0.717) is 5.69 Å². The number of azo groups is 1. The van der Waals surface area contributed by atoms with Gasteiger partial charge in [-0.2, -0.15) is 5.11 Å². The summed E-state index contributed by atoms with van der Waals surface area (Å²) in [6.45, 7) is 0. The molecule has 0 aromatic heterocycles. The van der Waals surface area contributed by atoms with Crippen LogP contribution in [0.3, 0.4) is 0 Å². The number of aromatic carboxylic acids is 1. The standard InChI is InChI=1S/C15H15N3O2/c1-18(2)10-12-4-3-5-14(12)17-16-13-8-6-11(7-9-13)15(19)20/h3-10H,1-2H3,(H,19,20)/b12-10+,17-16?. The lowest BCUT2D eigenvalue weighted by atomic mass is 10.2. The van der Waals surface area contributed by atoms with Gasteiger partial charge in [-0.1, -0.05) is 12.2 Å². The van der Waals surface area contributed by atoms with Crippen LogP contribution in [0.4, 0.5) is 5.69 Å². The number of nitrogens with zero attached hydrogens (tertiary/aromatic N) is 3. The van der Waals surface area contributed by atoms with Crippen molar-refractivity contribution in [3.8, 4) is 0 Å². The number of carboxylic acids is 1. The highest BCUT2D eigenvalue weighted by atomic mass is 16.4. The van der Waals surface area contributed by atoms with E-state index >= 15 is 0 Å². The molecule has 0 radical (unpaired) electrons. The number of carbonyl (C=O) groups is 1. The SMILES string of the molecule is CN(C)/C=C1\C=CC=C1N=Nc1ccc(C(=O)O)cc1. The van der Waals surface area contributed by atoms with E-state index in [1.807, 2.05) is 43.4 Å². The topological polar surface area (TPSA) is 65.3 Å². The molecule has 1 aromatic rings. The Kier molecular flexibility index (Phi) is 4.10. The second-order valence-electron chi connectivity index (χ2n) is 4.51. The molecule has 0 saturated heterocycles. The minimum absolute atomic E-state index is 0.235. The van der Waals surface area contributed by atoms with Gasteiger partial charge >= 0.3 is 5.97 Å². The molecule has 0 unspecified atom stereocenters. The summed E-state index contributed by atoms with van der Waals surface area (Å²) in [5.74, 6) is -0.951. The van der Waals surface area contributed by atoms with Gasteiger partial charge in [0.05, 0.1) is 16.9 Å². The van der Waals surface area contributed by atoms with Crippen LogP contribution in [-0.2, 0) is 0 Å². The number of carboxylic acid groups (broad SMARTS) is 1. The van der Waals surface area contributed by atoms with Crippen LogP contribution in [-0.4, -0.2) is 30.1 Å². The van der Waals surface area contributed by atoms with E-state index in [1.54, 1.807) is 12.1 Å². The van der Waals surface area contributed by atoms with Gasteiger partial charge < -0.3 is 10.0 Å². The average molecular weight is 269 g/mol. The molecule has 1 aliphatic carbocycles. The molecule has 0 saturated carbocycles. The summed E-state index contributed by atoms with van der Waals surface area (Å²) in [6, 6.07) is 6.28. The maximum atomic E-state index is 10.7. The lowest BCUT2D eigenvalue weighted by molar-refractivity contribution is 0.0697. The zero-order chi connectivity index (χ0) is 14.5. The molecule has 1 N–H and O–H groups in total. The molecule has 0 atom stereocenters. The first-order valence-corrected chi connectivity index (χ1v) is 6.08. The Balaban J connectivity index is 2.12. The van der Waals surface area contributed by atoms with Crippen LogP contribution in [0.5, 0.6) is 0 Å². The third kappa shape index (κ3) is 3.41. The van der Waals surface area contributed by atoms with Crippen molar-refractivity contribution >= 4 is 11.7 Å². The molecule has 20 heavy (non-hydrogen) atoms. The van der Waals surface area contributed by atoms with Crippen LogP contribution in [0, 0.1) is 0 Å². The van der Waals surface area contributed by atoms with Gasteiger partial charge in [-0.05, 0) is 30.3 Å². The lowest BCUT2D eigenvalue weighted by Gasteiger charge is -2.06. The first-order valence-electron chi connectivity index (χ1n) is 6.08. The quantitative estimate of drug-likeness (QED) is 0.852. The van der Waals surface area contributed by atoms with Crippen molar-refractivity contribution in [1.29, 1.82) is 0 Å². The maximum absolute atomic E-state index is 10.7. The van der Waals surface area contributed by atoms with Crippen molar-refractivity contribution in [3.63, 3.8) is 0 Å². The molecule has 0 bridgehead atoms. The third-order valence-corrected chi connectivity index (χ3v) is 2.61. The second kappa shape index (κ2) is 5.97. The van der Waals surface area contributed by atoms with Crippen molar-refractivity contribution < 1.29 is 9.90 Å². The van der Waals surface area contributed by atoms with Crippen molar-refractivity contribution in [3.05, 3.63) is 65.5 Å². The zero-order valence-corrected chi connectivity index (χ0v) is 11.3. The van der Waals surface area contributed by atoms with Gasteiger partial charge in [0.15, 0.2) is 0 Å². The Labute approximate surface area is 117 Å². The molecule has 5 nitrogen and oxygen atoms in total. The summed E-state index contributed by atoms with van der Waals surface area (Å²) in [6.07, 6.45) is 7.71. The molecule has 0 spiro atoms. The number of hydrogen-bond donors (Lipinski definition) is 1. The monoisotopic (exact) mass is 269 g/mol. The van der Waals surface area contributed by atoms with Crippen LogP contribution >= 0.6 is 0 Å². The number of hydrogen-bond acceptors (Lipinski definition) is 4. The van der Waals surface area contributed by atoms with E-state index in [0.717, 1.165) is 11.3 Å². The predicted octanol–water partition coefficient (Wildman–Crippen LogP) is 3.37. The van der Waals surface area contributed by atoms with Crippen LogP contribution in [0.2, 0.25) is 0 Å². The van der Waals surface area contributed by atoms with Gasteiger partial charge in [0.2, 0.25) is 0 Å². The van der Waals surface area contributed by atoms with E-state index in [2.05, 4.69) is 10.2 Å². The third-order valence-electron chi connectivity index (χ3n) is 2.61. The number of rotatable bonds is 4. The van der Waals surface area contributed by atoms with Gasteiger partial charge in [0, 0.05) is 25.9 Å². The van der Waals surface area contributed by atoms with Crippen molar-refractivity contribution in [1.82, 2.24) is 4.90 Å². The summed E-state index contributed by atoms with van der Waals surface area (Å²) in [4.78, 5) is 12.7. The van der Waals surface area contributed by atoms with Crippen LogP contribution in [0.25, 0.3) is 0 Å². The smallest absolute Gasteiger partial charge is 0.335 e. The Hall–Kier alpha value is -2.69. The minimum atomic E-state index is -0.951. The fourth-order valence-corrected chi connectivity index (χ4v) is 1.69. The maximum Gasteiger partial charge on any atom is 0.335 e. The Morgan fingerprint density at radius 3 is 2.50 bits per heavy atom. The summed E-state index contributed by atoms with van der Waals surface area (Å²) in [7, 11) is 3.89. The second-order valence-corrected chi connectivity index (χ2v) is 4.51. The minimum Gasteiger partial charge on any atom is -0.478 e. The van der Waals surface area contributed by atoms with Crippen molar-refractivity contribution in [2.45, 2.75) is 0 Å². The van der Waals surface area contributed by atoms with Gasteiger partial charge in [-0.3, -0.25) is 0 Å². The summed E-state index contributed by atoms with van der Waals surface area (Å²) < 4.78 is 0. The molecule has 0 heterocycles. The lowest BCUT2D eigenvalue weighted by Crippen LogP contribution is -2.02. The first kappa shape index (κ1) is 13.7. The molecule has 0 aliphatic heterocycles. The molecule has 1 aromatic carbocycles. The largest absolute Gasteiger partial charge is 0.478 e. The molecule has 1 aliphatic rings. The van der Waals surface area contributed by atoms with E-state index in [-0.39, 0.29) is 5.56 Å². The number of benzene rings is 1. The van der Waals surface area contributed by atoms with E-state index in [1.165, 1.54) is 12.1 Å². The fraction of sp³-hybridized carbons (Fsp3) is 0.133. The molecule has 5 heteroatoms. The summed E-state index contributed by atoms with van der Waals surface area (Å²) in [5.41, 5.74) is 2.62. The molecular formula is C15H15N3O2. The average Bonchev–Trinajstić information content (AvgIpc) is 2.83. The van der Waals surface area contributed by atoms with E-state index < -0.39 is 5.97 Å². The Morgan fingerprint density at radius 2 is 1.90 bits per heavy atom. The first-order chi connectivity index (χ1) is 9.56. The van der Waals surface area contributed by atoms with E-state index in [4.69, 9.17) is 5.11 Å². The molecule has 2 rings (SSSR count). The normalized spacial score (nSPS) is 15.9. The van der Waals surface area contributed by atoms with Gasteiger partial charge in [-0.25, -0.2) is 4.79 Å². The van der Waals surface area contributed by atoms with Crippen molar-refractivity contribution in [2.24, 2.45) is 10.2 Å². The van der Waals surface area contributed by atoms with Crippen LogP contribution in [0.1, 0.15) is 10.4 Å².